The summed E-state index contributed by atoms with van der Waals surface area (Å²) in [5.41, 5.74) is 8.66. The first-order chi connectivity index (χ1) is 15.5. The van der Waals surface area contributed by atoms with Gasteiger partial charge in [0.1, 0.15) is 6.10 Å². The molecular weight excluding hydrogens is 404 g/mol. The van der Waals surface area contributed by atoms with Crippen molar-refractivity contribution >= 4 is 23.2 Å². The molecule has 1 aliphatic rings. The number of hydrogen-bond acceptors (Lipinski definition) is 5. The maximum atomic E-state index is 12.9. The highest BCUT2D eigenvalue weighted by Crippen LogP contribution is 2.30. The Balaban J connectivity index is 1.49. The minimum Gasteiger partial charge on any atom is -0.470 e. The Morgan fingerprint density at radius 1 is 1.03 bits per heavy atom. The summed E-state index contributed by atoms with van der Waals surface area (Å²) in [5.74, 6) is -0.419. The Kier molecular flexibility index (Phi) is 6.35. The zero-order valence-electron chi connectivity index (χ0n) is 18.0. The van der Waals surface area contributed by atoms with Crippen molar-refractivity contribution in [2.45, 2.75) is 25.9 Å². The summed E-state index contributed by atoms with van der Waals surface area (Å²) >= 11 is 0. The average molecular weight is 431 g/mol. The first-order valence-electron chi connectivity index (χ1n) is 10.7. The molecule has 0 saturated carbocycles. The van der Waals surface area contributed by atoms with Gasteiger partial charge in [0.05, 0.1) is 16.9 Å². The summed E-state index contributed by atoms with van der Waals surface area (Å²) in [5, 5.41) is 2.92. The van der Waals surface area contributed by atoms with E-state index < -0.39 is 5.91 Å². The van der Waals surface area contributed by atoms with Crippen molar-refractivity contribution in [1.29, 1.82) is 0 Å². The van der Waals surface area contributed by atoms with Crippen molar-refractivity contribution in [3.63, 3.8) is 0 Å². The van der Waals surface area contributed by atoms with Crippen molar-refractivity contribution in [1.82, 2.24) is 4.98 Å². The third-order valence-corrected chi connectivity index (χ3v) is 5.54. The van der Waals surface area contributed by atoms with E-state index in [1.807, 2.05) is 43.3 Å². The summed E-state index contributed by atoms with van der Waals surface area (Å²) < 4.78 is 5.88. The molecule has 0 radical (unpaired) electrons. The minimum absolute atomic E-state index is 0.164. The van der Waals surface area contributed by atoms with Crippen LogP contribution >= 0.6 is 0 Å². The maximum absolute atomic E-state index is 12.9. The van der Waals surface area contributed by atoms with E-state index in [9.17, 15) is 9.59 Å². The molecule has 2 heterocycles. The minimum atomic E-state index is -0.538. The maximum Gasteiger partial charge on any atom is 0.257 e. The number of nitrogens with one attached hydrogen (secondary N) is 1. The van der Waals surface area contributed by atoms with Gasteiger partial charge in [0.25, 0.3) is 5.91 Å². The van der Waals surface area contributed by atoms with Gasteiger partial charge in [-0.3, -0.25) is 9.59 Å². The van der Waals surface area contributed by atoms with Gasteiger partial charge in [-0.15, -0.1) is 0 Å². The predicted octanol–water partition coefficient (Wildman–Crippen LogP) is 4.17. The molecule has 3 aromatic rings. The second kappa shape index (κ2) is 9.51. The molecule has 7 nitrogen and oxygen atoms in total. The third-order valence-electron chi connectivity index (χ3n) is 5.54. The Hall–Kier alpha value is -3.87. The van der Waals surface area contributed by atoms with E-state index in [0.717, 1.165) is 37.2 Å². The van der Waals surface area contributed by atoms with Crippen LogP contribution in [0, 0.1) is 0 Å². The van der Waals surface area contributed by atoms with Crippen LogP contribution in [0.2, 0.25) is 0 Å². The quantitative estimate of drug-likeness (QED) is 0.586. The van der Waals surface area contributed by atoms with E-state index in [1.54, 1.807) is 24.3 Å². The number of carbonyl (C=O) groups excluding carboxylic acids is 2. The fourth-order valence-electron chi connectivity index (χ4n) is 3.78. The number of nitrogens with two attached hydrogens (primary N) is 1. The summed E-state index contributed by atoms with van der Waals surface area (Å²) in [4.78, 5) is 31.0. The van der Waals surface area contributed by atoms with Gasteiger partial charge in [-0.25, -0.2) is 4.98 Å². The summed E-state index contributed by atoms with van der Waals surface area (Å²) in [6.45, 7) is 3.77. The molecular formula is C25H26N4O3. The van der Waals surface area contributed by atoms with Crippen LogP contribution in [0.3, 0.4) is 0 Å². The molecule has 2 amide bonds. The van der Waals surface area contributed by atoms with E-state index >= 15 is 0 Å². The number of pyridine rings is 1. The molecule has 7 heteroatoms. The van der Waals surface area contributed by atoms with Crippen molar-refractivity contribution in [3.05, 3.63) is 83.6 Å². The average Bonchev–Trinajstić information content (AvgIpc) is 3.34. The molecule has 0 bridgehead atoms. The number of rotatable bonds is 7. The molecule has 1 fully saturated rings. The number of primary amides is 1. The van der Waals surface area contributed by atoms with Crippen molar-refractivity contribution in [3.8, 4) is 5.88 Å². The number of nitrogens with zero attached hydrogens (tertiary/aromatic N) is 2. The first kappa shape index (κ1) is 21.4. The van der Waals surface area contributed by atoms with Gasteiger partial charge in [-0.1, -0.05) is 30.3 Å². The van der Waals surface area contributed by atoms with Gasteiger partial charge in [-0.2, -0.15) is 0 Å². The largest absolute Gasteiger partial charge is 0.470 e. The highest BCUT2D eigenvalue weighted by atomic mass is 16.5. The number of ether oxygens (including phenoxy) is 1. The van der Waals surface area contributed by atoms with Crippen LogP contribution in [0.5, 0.6) is 5.88 Å². The van der Waals surface area contributed by atoms with E-state index in [0.29, 0.717) is 22.7 Å². The molecule has 0 aliphatic carbocycles. The van der Waals surface area contributed by atoms with Gasteiger partial charge in [0, 0.05) is 30.9 Å². The topological polar surface area (TPSA) is 97.5 Å². The third kappa shape index (κ3) is 4.88. The van der Waals surface area contributed by atoms with Crippen LogP contribution < -0.4 is 20.7 Å². The number of hydrogen-bond donors (Lipinski definition) is 2. The molecule has 2 aromatic carbocycles. The Morgan fingerprint density at radius 3 is 2.41 bits per heavy atom. The molecule has 164 valence electrons. The first-order valence-corrected chi connectivity index (χ1v) is 10.7. The second-order valence-electron chi connectivity index (χ2n) is 7.80. The van der Waals surface area contributed by atoms with Crippen LogP contribution in [-0.4, -0.2) is 29.9 Å². The number of benzene rings is 2. The highest BCUT2D eigenvalue weighted by Gasteiger charge is 2.19. The van der Waals surface area contributed by atoms with Gasteiger partial charge in [0.15, 0.2) is 0 Å². The van der Waals surface area contributed by atoms with E-state index in [-0.39, 0.29) is 12.0 Å². The predicted molar refractivity (Wildman–Crippen MR) is 124 cm³/mol. The number of anilines is 2. The molecule has 1 unspecified atom stereocenters. The van der Waals surface area contributed by atoms with E-state index in [2.05, 4.69) is 15.2 Å². The van der Waals surface area contributed by atoms with Crippen LogP contribution in [0.1, 0.15) is 52.1 Å². The Labute approximate surface area is 187 Å². The second-order valence-corrected chi connectivity index (χ2v) is 7.80. The zero-order valence-corrected chi connectivity index (χ0v) is 18.0. The lowest BCUT2D eigenvalue weighted by molar-refractivity contribution is 0.0996. The SMILES string of the molecule is CC(Oc1ccc(C(=O)Nc2cc(C(N)=O)ccc2N2CCCC2)cn1)c1ccccc1. The standard InChI is InChI=1S/C25H26N4O3/c1-17(18-7-3-2-4-8-18)32-23-12-10-20(16-27-23)25(31)28-21-15-19(24(26)30)9-11-22(21)29-13-5-6-14-29/h2-4,7-12,15-17H,5-6,13-14H2,1H3,(H2,26,30)(H,28,31). The van der Waals surface area contributed by atoms with Gasteiger partial charge < -0.3 is 20.7 Å². The summed E-state index contributed by atoms with van der Waals surface area (Å²) in [7, 11) is 0. The van der Waals surface area contributed by atoms with Crippen LogP contribution in [0.25, 0.3) is 0 Å². The Bertz CT molecular complexity index is 1090. The number of amides is 2. The van der Waals surface area contributed by atoms with Crippen molar-refractivity contribution < 1.29 is 14.3 Å². The molecule has 1 saturated heterocycles. The highest BCUT2D eigenvalue weighted by molar-refractivity contribution is 6.07. The normalized spacial score (nSPS) is 14.1. The molecule has 3 N–H and O–H groups in total. The lowest BCUT2D eigenvalue weighted by Gasteiger charge is -2.22. The van der Waals surface area contributed by atoms with Crippen LogP contribution in [-0.2, 0) is 0 Å². The Morgan fingerprint density at radius 2 is 1.75 bits per heavy atom. The smallest absolute Gasteiger partial charge is 0.257 e. The van der Waals surface area contributed by atoms with E-state index in [4.69, 9.17) is 10.5 Å². The number of carbonyl (C=O) groups is 2. The number of aromatic nitrogens is 1. The molecule has 1 aliphatic heterocycles. The lowest BCUT2D eigenvalue weighted by atomic mass is 10.1. The molecule has 32 heavy (non-hydrogen) atoms. The zero-order chi connectivity index (χ0) is 22.5. The van der Waals surface area contributed by atoms with E-state index in [1.165, 1.54) is 6.20 Å². The molecule has 4 rings (SSSR count). The lowest BCUT2D eigenvalue weighted by Crippen LogP contribution is -2.22. The molecule has 1 atom stereocenters. The summed E-state index contributed by atoms with van der Waals surface area (Å²) in [6, 6.07) is 18.3. The van der Waals surface area contributed by atoms with Gasteiger partial charge in [-0.05, 0) is 49.6 Å². The van der Waals surface area contributed by atoms with Gasteiger partial charge in [0.2, 0.25) is 11.8 Å². The van der Waals surface area contributed by atoms with Crippen LogP contribution in [0.4, 0.5) is 11.4 Å². The molecule has 1 aromatic heterocycles. The monoisotopic (exact) mass is 430 g/mol. The van der Waals surface area contributed by atoms with Crippen molar-refractivity contribution in [2.75, 3.05) is 23.3 Å². The van der Waals surface area contributed by atoms with Crippen molar-refractivity contribution in [2.24, 2.45) is 5.73 Å². The summed E-state index contributed by atoms with van der Waals surface area (Å²) in [6.07, 6.45) is 3.51. The fourth-order valence-corrected chi connectivity index (χ4v) is 3.78. The molecule has 0 spiro atoms. The van der Waals surface area contributed by atoms with Crippen LogP contribution in [0.15, 0.2) is 66.9 Å². The fraction of sp³-hybridized carbons (Fsp3) is 0.240. The van der Waals surface area contributed by atoms with Gasteiger partial charge >= 0.3 is 0 Å².